The number of nitrogens with one attached hydrogen (secondary N) is 1. The predicted molar refractivity (Wildman–Crippen MR) is 85.5 cm³/mol. The van der Waals surface area contributed by atoms with E-state index in [0.29, 0.717) is 5.69 Å². The molecule has 0 unspecified atom stereocenters. The Bertz CT molecular complexity index is 738. The highest BCUT2D eigenvalue weighted by molar-refractivity contribution is 5.92. The number of aromatic nitrogens is 2. The Balaban J connectivity index is 1.68. The molecular weight excluding hydrogens is 274 g/mol. The number of benzene rings is 1. The second-order valence-electron chi connectivity index (χ2n) is 6.32. The van der Waals surface area contributed by atoms with Gasteiger partial charge in [0.1, 0.15) is 6.07 Å². The minimum atomic E-state index is 0.275. The molecule has 1 aromatic carbocycles. The van der Waals surface area contributed by atoms with Gasteiger partial charge in [-0.05, 0) is 44.8 Å². The first kappa shape index (κ1) is 13.5. The Morgan fingerprint density at radius 3 is 2.73 bits per heavy atom. The molecule has 2 fully saturated rings. The van der Waals surface area contributed by atoms with Crippen LogP contribution < -0.4 is 5.32 Å². The molecule has 2 aromatic rings. The van der Waals surface area contributed by atoms with Crippen LogP contribution >= 0.6 is 0 Å². The summed E-state index contributed by atoms with van der Waals surface area (Å²) in [6.07, 6.45) is 5.06. The SMILES string of the molecule is N#Cc1nnc2ccccc2c1NCC12CCCN1CCC2. The second kappa shape index (κ2) is 5.22. The van der Waals surface area contributed by atoms with E-state index in [4.69, 9.17) is 0 Å². The van der Waals surface area contributed by atoms with Gasteiger partial charge in [-0.25, -0.2) is 0 Å². The van der Waals surface area contributed by atoms with Gasteiger partial charge < -0.3 is 5.32 Å². The minimum absolute atomic E-state index is 0.275. The van der Waals surface area contributed by atoms with Gasteiger partial charge in [-0.1, -0.05) is 18.2 Å². The largest absolute Gasteiger partial charge is 0.380 e. The van der Waals surface area contributed by atoms with E-state index in [1.807, 2.05) is 24.3 Å². The number of fused-ring (bicyclic) bond motifs is 2. The summed E-state index contributed by atoms with van der Waals surface area (Å²) < 4.78 is 0. The fourth-order valence-electron chi connectivity index (χ4n) is 4.08. The fourth-order valence-corrected chi connectivity index (χ4v) is 4.08. The van der Waals surface area contributed by atoms with Gasteiger partial charge >= 0.3 is 0 Å². The van der Waals surface area contributed by atoms with Crippen LogP contribution in [-0.4, -0.2) is 40.3 Å². The summed E-state index contributed by atoms with van der Waals surface area (Å²) in [5.41, 5.74) is 2.33. The summed E-state index contributed by atoms with van der Waals surface area (Å²) in [6.45, 7) is 3.31. The summed E-state index contributed by atoms with van der Waals surface area (Å²) in [5, 5.41) is 22.1. The summed E-state index contributed by atoms with van der Waals surface area (Å²) in [7, 11) is 0. The van der Waals surface area contributed by atoms with Crippen molar-refractivity contribution >= 4 is 16.6 Å². The van der Waals surface area contributed by atoms with Crippen LogP contribution in [0.25, 0.3) is 10.9 Å². The van der Waals surface area contributed by atoms with Crippen LogP contribution in [0.15, 0.2) is 24.3 Å². The molecule has 112 valence electrons. The maximum absolute atomic E-state index is 9.35. The van der Waals surface area contributed by atoms with Gasteiger partial charge in [0.25, 0.3) is 0 Å². The molecule has 5 heteroatoms. The molecule has 2 aliphatic heterocycles. The first-order chi connectivity index (χ1) is 10.8. The molecule has 2 aliphatic rings. The molecule has 1 aromatic heterocycles. The molecular formula is C17H19N5. The number of anilines is 1. The summed E-state index contributed by atoms with van der Waals surface area (Å²) in [6, 6.07) is 10.0. The van der Waals surface area contributed by atoms with Gasteiger partial charge in [0.15, 0.2) is 5.69 Å². The Morgan fingerprint density at radius 1 is 1.18 bits per heavy atom. The number of nitrogens with zero attached hydrogens (tertiary/aromatic N) is 4. The highest BCUT2D eigenvalue weighted by atomic mass is 15.3. The number of hydrogen-bond acceptors (Lipinski definition) is 5. The smallest absolute Gasteiger partial charge is 0.186 e. The molecule has 3 heterocycles. The van der Waals surface area contributed by atoms with Crippen molar-refractivity contribution in [1.29, 1.82) is 5.26 Å². The molecule has 0 spiro atoms. The Hall–Kier alpha value is -2.19. The molecule has 5 nitrogen and oxygen atoms in total. The van der Waals surface area contributed by atoms with E-state index in [2.05, 4.69) is 26.5 Å². The summed E-state index contributed by atoms with van der Waals surface area (Å²) in [5.74, 6) is 0. The van der Waals surface area contributed by atoms with Gasteiger partial charge in [-0.2, -0.15) is 5.26 Å². The molecule has 2 saturated heterocycles. The van der Waals surface area contributed by atoms with Crippen molar-refractivity contribution in [1.82, 2.24) is 15.1 Å². The topological polar surface area (TPSA) is 64.8 Å². The average molecular weight is 293 g/mol. The van der Waals surface area contributed by atoms with Crippen molar-refractivity contribution < 1.29 is 0 Å². The van der Waals surface area contributed by atoms with Crippen LogP contribution in [0.4, 0.5) is 5.69 Å². The van der Waals surface area contributed by atoms with Crippen LogP contribution in [0.1, 0.15) is 31.4 Å². The van der Waals surface area contributed by atoms with Crippen LogP contribution in [0.3, 0.4) is 0 Å². The van der Waals surface area contributed by atoms with Crippen LogP contribution in [0.2, 0.25) is 0 Å². The third-order valence-electron chi connectivity index (χ3n) is 5.18. The monoisotopic (exact) mass is 293 g/mol. The summed E-state index contributed by atoms with van der Waals surface area (Å²) >= 11 is 0. The third kappa shape index (κ3) is 2.03. The standard InChI is InChI=1S/C17H19N5/c18-11-15-16(13-5-1-2-6-14(13)20-21-15)19-12-17-7-3-9-22(17)10-4-8-17/h1-2,5-6H,3-4,7-10,12H2,(H,19,20). The van der Waals surface area contributed by atoms with Gasteiger partial charge in [0, 0.05) is 17.5 Å². The van der Waals surface area contributed by atoms with Crippen molar-refractivity contribution in [2.24, 2.45) is 0 Å². The molecule has 0 bridgehead atoms. The number of nitriles is 1. The molecule has 22 heavy (non-hydrogen) atoms. The van der Waals surface area contributed by atoms with E-state index < -0.39 is 0 Å². The third-order valence-corrected chi connectivity index (χ3v) is 5.18. The fraction of sp³-hybridized carbons (Fsp3) is 0.471. The number of rotatable bonds is 3. The summed E-state index contributed by atoms with van der Waals surface area (Å²) in [4.78, 5) is 2.61. The maximum Gasteiger partial charge on any atom is 0.186 e. The average Bonchev–Trinajstić information content (AvgIpc) is 3.12. The first-order valence-electron chi connectivity index (χ1n) is 7.97. The predicted octanol–water partition coefficient (Wildman–Crippen LogP) is 2.54. The normalized spacial score (nSPS) is 20.0. The van der Waals surface area contributed by atoms with E-state index in [-0.39, 0.29) is 5.54 Å². The maximum atomic E-state index is 9.35. The lowest BCUT2D eigenvalue weighted by Gasteiger charge is -2.32. The van der Waals surface area contributed by atoms with Gasteiger partial charge in [-0.15, -0.1) is 10.2 Å². The lowest BCUT2D eigenvalue weighted by Crippen LogP contribution is -2.44. The first-order valence-corrected chi connectivity index (χ1v) is 7.97. The van der Waals surface area contributed by atoms with E-state index in [9.17, 15) is 5.26 Å². The van der Waals surface area contributed by atoms with E-state index in [0.717, 1.165) is 23.1 Å². The van der Waals surface area contributed by atoms with Crippen LogP contribution in [0.5, 0.6) is 0 Å². The van der Waals surface area contributed by atoms with Crippen molar-refractivity contribution in [3.8, 4) is 6.07 Å². The van der Waals surface area contributed by atoms with Crippen molar-refractivity contribution in [3.05, 3.63) is 30.0 Å². The highest BCUT2D eigenvalue weighted by Crippen LogP contribution is 2.39. The highest BCUT2D eigenvalue weighted by Gasteiger charge is 2.43. The minimum Gasteiger partial charge on any atom is -0.380 e. The molecule has 4 rings (SSSR count). The second-order valence-corrected chi connectivity index (χ2v) is 6.32. The van der Waals surface area contributed by atoms with E-state index in [1.54, 1.807) is 0 Å². The molecule has 0 saturated carbocycles. The van der Waals surface area contributed by atoms with Gasteiger partial charge in [0.2, 0.25) is 0 Å². The zero-order valence-corrected chi connectivity index (χ0v) is 12.5. The number of hydrogen-bond donors (Lipinski definition) is 1. The molecule has 0 aliphatic carbocycles. The Labute approximate surface area is 129 Å². The van der Waals surface area contributed by atoms with Crippen LogP contribution in [-0.2, 0) is 0 Å². The van der Waals surface area contributed by atoms with E-state index >= 15 is 0 Å². The lowest BCUT2D eigenvalue weighted by molar-refractivity contribution is 0.209. The van der Waals surface area contributed by atoms with Crippen LogP contribution in [0, 0.1) is 11.3 Å². The van der Waals surface area contributed by atoms with Gasteiger partial charge in [-0.3, -0.25) is 4.90 Å². The Kier molecular flexibility index (Phi) is 3.20. The molecule has 0 amide bonds. The zero-order chi connectivity index (χ0) is 15.0. The van der Waals surface area contributed by atoms with Crippen molar-refractivity contribution in [3.63, 3.8) is 0 Å². The Morgan fingerprint density at radius 2 is 1.95 bits per heavy atom. The van der Waals surface area contributed by atoms with Gasteiger partial charge in [0.05, 0.1) is 11.2 Å². The quantitative estimate of drug-likeness (QED) is 0.942. The molecule has 0 atom stereocenters. The zero-order valence-electron chi connectivity index (χ0n) is 12.5. The van der Waals surface area contributed by atoms with Crippen molar-refractivity contribution in [2.75, 3.05) is 25.0 Å². The lowest BCUT2D eigenvalue weighted by atomic mass is 9.94. The molecule has 1 N–H and O–H groups in total. The molecule has 0 radical (unpaired) electrons. The van der Waals surface area contributed by atoms with E-state index in [1.165, 1.54) is 38.8 Å². The van der Waals surface area contributed by atoms with Crippen molar-refractivity contribution in [2.45, 2.75) is 31.2 Å².